The van der Waals surface area contributed by atoms with Crippen LogP contribution in [0.15, 0.2) is 191 Å². The molecule has 54 heavy (non-hydrogen) atoms. The van der Waals surface area contributed by atoms with Gasteiger partial charge in [-0.2, -0.15) is 0 Å². The van der Waals surface area contributed by atoms with Gasteiger partial charge in [0.05, 0.1) is 10.8 Å². The second-order valence-electron chi connectivity index (χ2n) is 14.2. The zero-order valence-corrected chi connectivity index (χ0v) is 31.2. The van der Waals surface area contributed by atoms with Crippen LogP contribution in [0.4, 0.5) is 5.69 Å². The zero-order valence-electron chi connectivity index (χ0n) is 29.1. The molecule has 0 atom stereocenters. The average Bonchev–Trinajstić information content (AvgIpc) is 3.98. The van der Waals surface area contributed by atoms with E-state index < -0.39 is 5.41 Å². The first-order chi connectivity index (χ1) is 26.6. The van der Waals surface area contributed by atoms with E-state index in [-0.39, 0.29) is 5.41 Å². The van der Waals surface area contributed by atoms with E-state index in [1.807, 2.05) is 18.2 Å². The molecule has 2 aliphatic rings. The Kier molecular flexibility index (Phi) is 6.80. The van der Waals surface area contributed by atoms with Crippen molar-refractivity contribution in [2.75, 3.05) is 5.73 Å². The summed E-state index contributed by atoms with van der Waals surface area (Å²) in [4.78, 5) is 0. The molecule has 2 aliphatic carbocycles. The highest BCUT2D eigenvalue weighted by Gasteiger charge is 2.48. The van der Waals surface area contributed by atoms with Crippen molar-refractivity contribution in [3.8, 4) is 0 Å². The summed E-state index contributed by atoms with van der Waals surface area (Å²) in [7, 11) is 0. The number of hydrogen-bond acceptors (Lipinski definition) is 3. The molecule has 8 aromatic carbocycles. The van der Waals surface area contributed by atoms with Gasteiger partial charge in [0.2, 0.25) is 0 Å². The van der Waals surface area contributed by atoms with Crippen molar-refractivity contribution in [1.82, 2.24) is 0 Å². The zero-order chi connectivity index (χ0) is 36.0. The lowest BCUT2D eigenvalue weighted by Gasteiger charge is -2.35. The number of halogens is 1. The van der Waals surface area contributed by atoms with Crippen molar-refractivity contribution in [2.45, 2.75) is 10.8 Å². The van der Waals surface area contributed by atoms with Crippen LogP contribution < -0.4 is 5.73 Å². The van der Waals surface area contributed by atoms with E-state index in [0.29, 0.717) is 0 Å². The summed E-state index contributed by atoms with van der Waals surface area (Å²) < 4.78 is 13.6. The van der Waals surface area contributed by atoms with Crippen molar-refractivity contribution in [3.05, 3.63) is 230 Å². The lowest BCUT2D eigenvalue weighted by molar-refractivity contribution is 0.663. The fourth-order valence-electron chi connectivity index (χ4n) is 9.76. The molecule has 2 N–H and O–H groups in total. The van der Waals surface area contributed by atoms with Gasteiger partial charge in [-0.1, -0.05) is 146 Å². The summed E-state index contributed by atoms with van der Waals surface area (Å²) >= 11 is 2.49. The summed E-state index contributed by atoms with van der Waals surface area (Å²) in [6.45, 7) is 0. The summed E-state index contributed by atoms with van der Waals surface area (Å²) in [5, 5.41) is 4.85. The summed E-state index contributed by atoms with van der Waals surface area (Å²) in [5.41, 5.74) is 20.5. The Morgan fingerprint density at radius 2 is 0.722 bits per heavy atom. The standard InChI is InChI=1S/C25H15IO.C25H17NO/c2*26-19-14-15-21-23-22-18(12-7-13-20(22)27-21)25(24(19)23,16-8-3-1-4-9-16)17-10-5-2-6-11-17/h1-15H;1-15H,26H2. The minimum absolute atomic E-state index is 0.320. The Balaban J connectivity index is 0.000000126. The molecule has 0 fully saturated rings. The van der Waals surface area contributed by atoms with Gasteiger partial charge >= 0.3 is 0 Å². The maximum absolute atomic E-state index is 6.64. The first-order valence-electron chi connectivity index (χ1n) is 18.2. The minimum Gasteiger partial charge on any atom is -0.456 e. The highest BCUT2D eigenvalue weighted by Crippen LogP contribution is 2.59. The lowest BCUT2D eigenvalue weighted by Crippen LogP contribution is -2.29. The molecule has 3 nitrogen and oxygen atoms in total. The van der Waals surface area contributed by atoms with Gasteiger partial charge in [-0.15, -0.1) is 0 Å². The Labute approximate surface area is 325 Å². The third-order valence-electron chi connectivity index (χ3n) is 11.7. The molecule has 0 spiro atoms. The molecule has 0 bridgehead atoms. The number of benzene rings is 8. The van der Waals surface area contributed by atoms with Crippen molar-refractivity contribution >= 4 is 72.2 Å². The Hall–Kier alpha value is -6.11. The highest BCUT2D eigenvalue weighted by molar-refractivity contribution is 14.1. The third-order valence-corrected chi connectivity index (χ3v) is 12.6. The van der Waals surface area contributed by atoms with Crippen LogP contribution in [0.25, 0.3) is 43.9 Å². The number of nitrogens with two attached hydrogens (primary N) is 1. The number of rotatable bonds is 4. The monoisotopic (exact) mass is 805 g/mol. The Morgan fingerprint density at radius 3 is 1.17 bits per heavy atom. The van der Waals surface area contributed by atoms with E-state index in [2.05, 4.69) is 186 Å². The largest absolute Gasteiger partial charge is 0.456 e. The molecular formula is C50H32INO2. The molecular weight excluding hydrogens is 773 g/mol. The molecule has 256 valence electrons. The molecule has 0 saturated carbocycles. The van der Waals surface area contributed by atoms with Gasteiger partial charge < -0.3 is 14.6 Å². The maximum Gasteiger partial charge on any atom is 0.135 e. The normalized spacial score (nSPS) is 14.4. The van der Waals surface area contributed by atoms with E-state index in [4.69, 9.17) is 14.6 Å². The second-order valence-corrected chi connectivity index (χ2v) is 15.4. The topological polar surface area (TPSA) is 52.3 Å². The number of hydrogen-bond donors (Lipinski definition) is 1. The fraction of sp³-hybridized carbons (Fsp3) is 0.0400. The Bertz CT molecular complexity index is 2770. The first kappa shape index (κ1) is 31.4. The first-order valence-corrected chi connectivity index (χ1v) is 19.3. The molecule has 0 radical (unpaired) electrons. The van der Waals surface area contributed by atoms with E-state index in [1.54, 1.807) is 0 Å². The van der Waals surface area contributed by atoms with Gasteiger partial charge in [0.25, 0.3) is 0 Å². The predicted molar refractivity (Wildman–Crippen MR) is 228 cm³/mol. The molecule has 0 aliphatic heterocycles. The van der Waals surface area contributed by atoms with Crippen LogP contribution in [0.1, 0.15) is 44.5 Å². The molecule has 2 aromatic heterocycles. The Morgan fingerprint density at radius 1 is 0.352 bits per heavy atom. The van der Waals surface area contributed by atoms with Crippen molar-refractivity contribution < 1.29 is 8.83 Å². The van der Waals surface area contributed by atoms with Gasteiger partial charge in [0.15, 0.2) is 0 Å². The molecule has 10 aromatic rings. The predicted octanol–water partition coefficient (Wildman–Crippen LogP) is 12.8. The van der Waals surface area contributed by atoms with Crippen LogP contribution in [0, 0.1) is 3.57 Å². The maximum atomic E-state index is 6.64. The third kappa shape index (κ3) is 4.01. The molecule has 4 heteroatoms. The van der Waals surface area contributed by atoms with Crippen LogP contribution in [-0.4, -0.2) is 0 Å². The van der Waals surface area contributed by atoms with Gasteiger partial charge in [0, 0.05) is 36.4 Å². The number of nitrogen functional groups attached to an aromatic ring is 1. The summed E-state index contributed by atoms with van der Waals surface area (Å²) in [6.07, 6.45) is 0. The number of anilines is 1. The van der Waals surface area contributed by atoms with Crippen LogP contribution in [-0.2, 0) is 10.8 Å². The fourth-order valence-corrected chi connectivity index (χ4v) is 10.6. The van der Waals surface area contributed by atoms with E-state index in [1.165, 1.54) is 58.7 Å². The minimum atomic E-state index is -0.437. The smallest absolute Gasteiger partial charge is 0.135 e. The average molecular weight is 806 g/mol. The summed E-state index contributed by atoms with van der Waals surface area (Å²) in [6, 6.07) is 64.2. The van der Waals surface area contributed by atoms with E-state index in [0.717, 1.165) is 39.0 Å². The molecule has 12 rings (SSSR count). The molecule has 0 saturated heterocycles. The molecule has 0 unspecified atom stereocenters. The lowest BCUT2D eigenvalue weighted by atomic mass is 9.67. The van der Waals surface area contributed by atoms with Gasteiger partial charge in [-0.05, 0) is 97.9 Å². The quantitative estimate of drug-likeness (QED) is 0.142. The van der Waals surface area contributed by atoms with Crippen molar-refractivity contribution in [3.63, 3.8) is 0 Å². The van der Waals surface area contributed by atoms with E-state index in [9.17, 15) is 0 Å². The second kappa shape index (κ2) is 11.7. The highest BCUT2D eigenvalue weighted by atomic mass is 127. The van der Waals surface area contributed by atoms with Crippen LogP contribution in [0.2, 0.25) is 0 Å². The van der Waals surface area contributed by atoms with Crippen LogP contribution >= 0.6 is 22.6 Å². The van der Waals surface area contributed by atoms with E-state index >= 15 is 0 Å². The number of furan rings is 2. The van der Waals surface area contributed by atoms with Gasteiger partial charge in [0.1, 0.15) is 22.3 Å². The van der Waals surface area contributed by atoms with Gasteiger partial charge in [-0.3, -0.25) is 0 Å². The van der Waals surface area contributed by atoms with Crippen molar-refractivity contribution in [2.24, 2.45) is 0 Å². The van der Waals surface area contributed by atoms with Crippen LogP contribution in [0.3, 0.4) is 0 Å². The molecule has 2 heterocycles. The SMILES string of the molecule is Ic1ccc2oc3cccc4c3c2c1C4(c1ccccc1)c1ccccc1.Nc1ccc2oc3cccc4c3c2c1C4(c1ccccc1)c1ccccc1. The van der Waals surface area contributed by atoms with Gasteiger partial charge in [-0.25, -0.2) is 0 Å². The van der Waals surface area contributed by atoms with Crippen LogP contribution in [0.5, 0.6) is 0 Å². The molecule has 0 amide bonds. The van der Waals surface area contributed by atoms with Crippen molar-refractivity contribution in [1.29, 1.82) is 0 Å². The summed E-state index contributed by atoms with van der Waals surface area (Å²) in [5.74, 6) is 0.